The molecular weight excluding hydrogens is 446 g/mol. The zero-order chi connectivity index (χ0) is 20.3. The highest BCUT2D eigenvalue weighted by molar-refractivity contribution is 9.10. The molecule has 6 nitrogen and oxygen atoms in total. The number of halogens is 1. The van der Waals surface area contributed by atoms with E-state index in [0.717, 1.165) is 16.3 Å². The fourth-order valence-corrected chi connectivity index (χ4v) is 5.01. The highest BCUT2D eigenvalue weighted by Crippen LogP contribution is 2.47. The first kappa shape index (κ1) is 19.4. The normalized spacial score (nSPS) is 23.1. The number of rotatable bonds is 3. The molecule has 2 aromatic rings. The lowest BCUT2D eigenvalue weighted by atomic mass is 9.85. The van der Waals surface area contributed by atoms with Crippen molar-refractivity contribution in [3.8, 4) is 5.75 Å². The second-order valence-corrected chi connectivity index (χ2v) is 10.2. The summed E-state index contributed by atoms with van der Waals surface area (Å²) in [4.78, 5) is 14.9. The molecule has 2 aliphatic heterocycles. The van der Waals surface area contributed by atoms with Crippen molar-refractivity contribution in [3.05, 3.63) is 63.6 Å². The van der Waals surface area contributed by atoms with Crippen LogP contribution in [0, 0.1) is 0 Å². The van der Waals surface area contributed by atoms with Crippen LogP contribution in [0.4, 0.5) is 0 Å². The Kier molecular flexibility index (Phi) is 4.56. The Balaban J connectivity index is 1.88. The molecule has 0 spiro atoms. The molecule has 2 aliphatic rings. The van der Waals surface area contributed by atoms with Crippen molar-refractivity contribution in [2.45, 2.75) is 38.1 Å². The third-order valence-corrected chi connectivity index (χ3v) is 6.15. The predicted molar refractivity (Wildman–Crippen MR) is 108 cm³/mol. The van der Waals surface area contributed by atoms with Gasteiger partial charge in [0.1, 0.15) is 17.5 Å². The van der Waals surface area contributed by atoms with Crippen LogP contribution in [0.25, 0.3) is 0 Å². The maximum Gasteiger partial charge on any atom is 0.264 e. The van der Waals surface area contributed by atoms with Crippen LogP contribution >= 0.6 is 15.9 Å². The molecule has 0 aromatic heterocycles. The molecule has 2 atom stereocenters. The topological polar surface area (TPSA) is 72.9 Å². The minimum absolute atomic E-state index is 0.147. The summed E-state index contributed by atoms with van der Waals surface area (Å²) in [5, 5.41) is 0. The summed E-state index contributed by atoms with van der Waals surface area (Å²) < 4.78 is 36.5. The van der Waals surface area contributed by atoms with Gasteiger partial charge in [0, 0.05) is 22.1 Å². The molecule has 8 heteroatoms. The number of hydrogen-bond donors (Lipinski definition) is 0. The van der Waals surface area contributed by atoms with Crippen molar-refractivity contribution in [2.24, 2.45) is 0 Å². The Morgan fingerprint density at radius 1 is 1.21 bits per heavy atom. The highest BCUT2D eigenvalue weighted by atomic mass is 79.9. The van der Waals surface area contributed by atoms with Crippen LogP contribution in [-0.4, -0.2) is 37.2 Å². The Morgan fingerprint density at radius 2 is 1.93 bits per heavy atom. The summed E-state index contributed by atoms with van der Waals surface area (Å²) in [5.74, 6) is 0.460. The molecule has 0 unspecified atom stereocenters. The van der Waals surface area contributed by atoms with Gasteiger partial charge in [-0.1, -0.05) is 34.1 Å². The van der Waals surface area contributed by atoms with Crippen LogP contribution in [0.3, 0.4) is 0 Å². The molecule has 28 heavy (non-hydrogen) atoms. The fraction of sp³-hybridized carbons (Fsp3) is 0.350. The van der Waals surface area contributed by atoms with E-state index in [4.69, 9.17) is 8.92 Å². The van der Waals surface area contributed by atoms with Gasteiger partial charge in [0.25, 0.3) is 16.0 Å². The number of fused-ring (bicyclic) bond motifs is 2. The number of nitrogens with zero attached hydrogens (tertiary/aromatic N) is 1. The second kappa shape index (κ2) is 6.57. The van der Waals surface area contributed by atoms with Crippen molar-refractivity contribution in [3.63, 3.8) is 0 Å². The van der Waals surface area contributed by atoms with Crippen molar-refractivity contribution in [1.29, 1.82) is 0 Å². The van der Waals surface area contributed by atoms with Crippen LogP contribution < -0.4 is 4.74 Å². The van der Waals surface area contributed by atoms with Crippen LogP contribution in [0.5, 0.6) is 5.75 Å². The molecule has 2 aromatic carbocycles. The first-order valence-electron chi connectivity index (χ1n) is 8.82. The van der Waals surface area contributed by atoms with E-state index in [1.165, 1.54) is 0 Å². The summed E-state index contributed by atoms with van der Waals surface area (Å²) in [6.45, 7) is 3.92. The molecule has 0 saturated heterocycles. The van der Waals surface area contributed by atoms with Gasteiger partial charge in [0.2, 0.25) is 0 Å². The molecule has 148 valence electrons. The first-order valence-corrected chi connectivity index (χ1v) is 11.4. The number of carbonyl (C=O) groups excluding carboxylic acids is 1. The molecule has 0 saturated carbocycles. The van der Waals surface area contributed by atoms with Gasteiger partial charge in [0.05, 0.1) is 12.3 Å². The SMILES string of the molecule is CC1(C)Oc2ccc(Br)cc2[C@@H](N2Cc3ccccc3C2=O)[C@@H]1OS(C)(=O)=O. The van der Waals surface area contributed by atoms with Crippen LogP contribution in [0.2, 0.25) is 0 Å². The van der Waals surface area contributed by atoms with Crippen LogP contribution in [0.1, 0.15) is 41.4 Å². The standard InChI is InChI=1S/C20H20BrNO5S/c1-20(2)18(27-28(3,24)25)17(15-10-13(21)8-9-16(15)26-20)22-11-12-6-4-5-7-14(12)19(22)23/h4-10,17-18H,11H2,1-3H3/t17-,18+/m1/s1. The molecule has 0 radical (unpaired) electrons. The van der Waals surface area contributed by atoms with Crippen molar-refractivity contribution < 1.29 is 22.1 Å². The van der Waals surface area contributed by atoms with Crippen molar-refractivity contribution in [2.75, 3.05) is 6.26 Å². The quantitative estimate of drug-likeness (QED) is 0.646. The monoisotopic (exact) mass is 465 g/mol. The van der Waals surface area contributed by atoms with Gasteiger partial charge in [-0.25, -0.2) is 0 Å². The fourth-order valence-electron chi connectivity index (χ4n) is 3.92. The average molecular weight is 466 g/mol. The number of carbonyl (C=O) groups is 1. The summed E-state index contributed by atoms with van der Waals surface area (Å²) in [5.41, 5.74) is 1.28. The number of ether oxygens (including phenoxy) is 1. The third-order valence-electron chi connectivity index (χ3n) is 5.10. The van der Waals surface area contributed by atoms with Crippen LogP contribution in [-0.2, 0) is 20.8 Å². The molecule has 1 amide bonds. The van der Waals surface area contributed by atoms with Crippen molar-refractivity contribution >= 4 is 32.0 Å². The lowest BCUT2D eigenvalue weighted by Gasteiger charge is -2.46. The molecule has 0 N–H and O–H groups in total. The smallest absolute Gasteiger partial charge is 0.264 e. The molecule has 0 fully saturated rings. The van der Waals surface area contributed by atoms with E-state index in [1.807, 2.05) is 36.4 Å². The van der Waals surface area contributed by atoms with E-state index >= 15 is 0 Å². The summed E-state index contributed by atoms with van der Waals surface area (Å²) in [7, 11) is -3.78. The first-order chi connectivity index (χ1) is 13.1. The van der Waals surface area contributed by atoms with Gasteiger partial charge in [-0.2, -0.15) is 8.42 Å². The van der Waals surface area contributed by atoms with E-state index in [2.05, 4.69) is 15.9 Å². The number of hydrogen-bond acceptors (Lipinski definition) is 5. The average Bonchev–Trinajstić information content (AvgIpc) is 2.92. The lowest BCUT2D eigenvalue weighted by molar-refractivity contribution is -0.0702. The van der Waals surface area contributed by atoms with Gasteiger partial charge in [-0.15, -0.1) is 0 Å². The lowest BCUT2D eigenvalue weighted by Crippen LogP contribution is -2.55. The van der Waals surface area contributed by atoms with Gasteiger partial charge < -0.3 is 9.64 Å². The maximum atomic E-state index is 13.2. The van der Waals surface area contributed by atoms with Gasteiger partial charge in [0.15, 0.2) is 0 Å². The minimum Gasteiger partial charge on any atom is -0.485 e. The van der Waals surface area contributed by atoms with E-state index in [0.29, 0.717) is 23.4 Å². The van der Waals surface area contributed by atoms with E-state index in [9.17, 15) is 13.2 Å². The van der Waals surface area contributed by atoms with Crippen LogP contribution in [0.15, 0.2) is 46.9 Å². The third kappa shape index (κ3) is 3.33. The molecule has 0 aliphatic carbocycles. The van der Waals surface area contributed by atoms with E-state index in [-0.39, 0.29) is 5.91 Å². The predicted octanol–water partition coefficient (Wildman–Crippen LogP) is 3.66. The van der Waals surface area contributed by atoms with E-state index < -0.39 is 27.9 Å². The molecular formula is C20H20BrNO5S. The zero-order valence-corrected chi connectivity index (χ0v) is 18.1. The Morgan fingerprint density at radius 3 is 2.61 bits per heavy atom. The maximum absolute atomic E-state index is 13.2. The molecule has 2 heterocycles. The van der Waals surface area contributed by atoms with Crippen molar-refractivity contribution in [1.82, 2.24) is 4.90 Å². The zero-order valence-electron chi connectivity index (χ0n) is 15.7. The highest BCUT2D eigenvalue weighted by Gasteiger charge is 2.51. The van der Waals surface area contributed by atoms with Gasteiger partial charge in [-0.3, -0.25) is 8.98 Å². The van der Waals surface area contributed by atoms with Gasteiger partial charge >= 0.3 is 0 Å². The number of benzene rings is 2. The summed E-state index contributed by atoms with van der Waals surface area (Å²) >= 11 is 3.46. The largest absolute Gasteiger partial charge is 0.485 e. The minimum atomic E-state index is -3.78. The summed E-state index contributed by atoms with van der Waals surface area (Å²) in [6.07, 6.45) is 0.111. The Hall–Kier alpha value is -1.90. The second-order valence-electron chi connectivity index (χ2n) is 7.64. The van der Waals surface area contributed by atoms with E-state index in [1.54, 1.807) is 24.8 Å². The molecule has 0 bridgehead atoms. The summed E-state index contributed by atoms with van der Waals surface area (Å²) in [6, 6.07) is 12.3. The molecule has 4 rings (SSSR count). The Labute approximate surface area is 172 Å². The van der Waals surface area contributed by atoms with Gasteiger partial charge in [-0.05, 0) is 43.7 Å². The number of amides is 1. The Bertz CT molecular complexity index is 1070.